The van der Waals surface area contributed by atoms with Crippen molar-refractivity contribution in [1.29, 1.82) is 0 Å². The van der Waals surface area contributed by atoms with Crippen LogP contribution in [0, 0.1) is 0 Å². The molecule has 0 saturated carbocycles. The number of fused-ring (bicyclic) bond motifs is 3. The van der Waals surface area contributed by atoms with Gasteiger partial charge >= 0.3 is 0 Å². The standard InChI is InChI=1S/C14H8S3/c1-2-4-9(5-3-1)11-8-12-14(17-11)13-10(16-12)6-7-15-13/h1-8H. The van der Waals surface area contributed by atoms with Crippen molar-refractivity contribution in [2.45, 2.75) is 0 Å². The SMILES string of the molecule is c1ccc(-c2cc3sc4ccsc4c3s2)cc1. The van der Waals surface area contributed by atoms with Gasteiger partial charge in [0, 0.05) is 14.3 Å². The molecule has 82 valence electrons. The highest BCUT2D eigenvalue weighted by Crippen LogP contribution is 2.44. The Hall–Kier alpha value is -1.16. The van der Waals surface area contributed by atoms with Crippen LogP contribution in [-0.4, -0.2) is 0 Å². The van der Waals surface area contributed by atoms with Gasteiger partial charge in [-0.1, -0.05) is 30.3 Å². The van der Waals surface area contributed by atoms with E-state index in [1.807, 2.05) is 34.0 Å². The molecule has 0 unspecified atom stereocenters. The second-order valence-corrected chi connectivity index (χ2v) is 6.94. The minimum absolute atomic E-state index is 1.32. The fourth-order valence-corrected chi connectivity index (χ4v) is 5.79. The summed E-state index contributed by atoms with van der Waals surface area (Å²) in [6.07, 6.45) is 0. The van der Waals surface area contributed by atoms with Crippen LogP contribution in [0.1, 0.15) is 0 Å². The van der Waals surface area contributed by atoms with E-state index in [1.54, 1.807) is 0 Å². The van der Waals surface area contributed by atoms with Crippen LogP contribution in [0.5, 0.6) is 0 Å². The maximum atomic E-state index is 2.33. The maximum Gasteiger partial charge on any atom is 0.0635 e. The molecule has 0 fully saturated rings. The van der Waals surface area contributed by atoms with Crippen molar-refractivity contribution in [2.24, 2.45) is 0 Å². The molecule has 3 heteroatoms. The van der Waals surface area contributed by atoms with Crippen LogP contribution < -0.4 is 0 Å². The van der Waals surface area contributed by atoms with Gasteiger partial charge in [-0.3, -0.25) is 0 Å². The van der Waals surface area contributed by atoms with Gasteiger partial charge in [0.25, 0.3) is 0 Å². The smallest absolute Gasteiger partial charge is 0.0635 e. The molecule has 0 saturated heterocycles. The lowest BCUT2D eigenvalue weighted by molar-refractivity contribution is 1.70. The molecule has 3 heterocycles. The molecule has 0 atom stereocenters. The summed E-state index contributed by atoms with van der Waals surface area (Å²) in [5.74, 6) is 0. The van der Waals surface area contributed by atoms with Crippen molar-refractivity contribution in [3.63, 3.8) is 0 Å². The Morgan fingerprint density at radius 1 is 0.765 bits per heavy atom. The first-order valence-corrected chi connectivity index (χ1v) is 7.88. The van der Waals surface area contributed by atoms with Crippen LogP contribution >= 0.6 is 34.0 Å². The fourth-order valence-electron chi connectivity index (χ4n) is 2.01. The van der Waals surface area contributed by atoms with Crippen molar-refractivity contribution in [3.8, 4) is 10.4 Å². The zero-order chi connectivity index (χ0) is 11.2. The first-order chi connectivity index (χ1) is 8.42. The van der Waals surface area contributed by atoms with E-state index in [0.717, 1.165) is 0 Å². The zero-order valence-electron chi connectivity index (χ0n) is 8.84. The van der Waals surface area contributed by atoms with Crippen molar-refractivity contribution in [2.75, 3.05) is 0 Å². The topological polar surface area (TPSA) is 0 Å². The Kier molecular flexibility index (Phi) is 2.12. The minimum Gasteiger partial charge on any atom is -0.141 e. The highest BCUT2D eigenvalue weighted by Gasteiger charge is 2.11. The third-order valence-electron chi connectivity index (χ3n) is 2.81. The van der Waals surface area contributed by atoms with Crippen molar-refractivity contribution in [3.05, 3.63) is 47.8 Å². The van der Waals surface area contributed by atoms with E-state index in [9.17, 15) is 0 Å². The van der Waals surface area contributed by atoms with Crippen LogP contribution in [-0.2, 0) is 0 Å². The highest BCUT2D eigenvalue weighted by atomic mass is 32.1. The van der Waals surface area contributed by atoms with Crippen LogP contribution in [0.15, 0.2) is 47.8 Å². The summed E-state index contributed by atoms with van der Waals surface area (Å²) < 4.78 is 5.77. The summed E-state index contributed by atoms with van der Waals surface area (Å²) >= 11 is 5.67. The lowest BCUT2D eigenvalue weighted by Gasteiger charge is -1.93. The summed E-state index contributed by atoms with van der Waals surface area (Å²) in [4.78, 5) is 1.38. The first kappa shape index (κ1) is 9.83. The van der Waals surface area contributed by atoms with Gasteiger partial charge < -0.3 is 0 Å². The molecule has 0 bridgehead atoms. The molecular formula is C14H8S3. The summed E-state index contributed by atoms with van der Waals surface area (Å²) in [6, 6.07) is 15.2. The van der Waals surface area contributed by atoms with Gasteiger partial charge in [0.15, 0.2) is 0 Å². The molecule has 4 rings (SSSR count). The number of hydrogen-bond acceptors (Lipinski definition) is 3. The minimum atomic E-state index is 1.32. The van der Waals surface area contributed by atoms with Crippen LogP contribution in [0.4, 0.5) is 0 Å². The Bertz CT molecular complexity index is 787. The number of hydrogen-bond donors (Lipinski definition) is 0. The molecule has 4 aromatic rings. The molecule has 1 aromatic carbocycles. The van der Waals surface area contributed by atoms with E-state index in [1.165, 1.54) is 29.2 Å². The van der Waals surface area contributed by atoms with Gasteiger partial charge in [-0.05, 0) is 23.1 Å². The first-order valence-electron chi connectivity index (χ1n) is 5.37. The molecular weight excluding hydrogens is 264 g/mol. The number of rotatable bonds is 1. The molecule has 0 spiro atoms. The molecule has 0 nitrogen and oxygen atoms in total. The van der Waals surface area contributed by atoms with E-state index >= 15 is 0 Å². The second kappa shape index (κ2) is 3.67. The van der Waals surface area contributed by atoms with Crippen molar-refractivity contribution in [1.82, 2.24) is 0 Å². The van der Waals surface area contributed by atoms with E-state index < -0.39 is 0 Å². The predicted molar refractivity (Wildman–Crippen MR) is 80.5 cm³/mol. The van der Waals surface area contributed by atoms with E-state index in [2.05, 4.69) is 47.8 Å². The van der Waals surface area contributed by atoms with Crippen LogP contribution in [0.25, 0.3) is 29.2 Å². The fraction of sp³-hybridized carbons (Fsp3) is 0. The number of benzene rings is 1. The van der Waals surface area contributed by atoms with Crippen molar-refractivity contribution < 1.29 is 0 Å². The van der Waals surface area contributed by atoms with Gasteiger partial charge in [0.1, 0.15) is 0 Å². The zero-order valence-corrected chi connectivity index (χ0v) is 11.3. The van der Waals surface area contributed by atoms with Gasteiger partial charge in [-0.25, -0.2) is 0 Å². The van der Waals surface area contributed by atoms with Gasteiger partial charge in [-0.15, -0.1) is 34.0 Å². The normalized spacial score (nSPS) is 11.5. The highest BCUT2D eigenvalue weighted by molar-refractivity contribution is 7.38. The molecule has 0 aliphatic heterocycles. The average Bonchev–Trinajstić information content (AvgIpc) is 3.00. The molecule has 0 N–H and O–H groups in total. The predicted octanol–water partition coefficient (Wildman–Crippen LogP) is 5.84. The van der Waals surface area contributed by atoms with E-state index in [0.29, 0.717) is 0 Å². The third kappa shape index (κ3) is 1.47. The molecule has 0 aliphatic rings. The largest absolute Gasteiger partial charge is 0.141 e. The molecule has 0 amide bonds. The molecule has 0 radical (unpaired) electrons. The lowest BCUT2D eigenvalue weighted by atomic mass is 10.2. The van der Waals surface area contributed by atoms with E-state index in [-0.39, 0.29) is 0 Å². The molecule has 17 heavy (non-hydrogen) atoms. The maximum absolute atomic E-state index is 2.33. The summed E-state index contributed by atoms with van der Waals surface area (Å²) in [5, 5.41) is 2.18. The summed E-state index contributed by atoms with van der Waals surface area (Å²) in [7, 11) is 0. The Morgan fingerprint density at radius 3 is 2.53 bits per heavy atom. The van der Waals surface area contributed by atoms with E-state index in [4.69, 9.17) is 0 Å². The summed E-state index contributed by atoms with van der Waals surface area (Å²) in [6.45, 7) is 0. The van der Waals surface area contributed by atoms with Crippen LogP contribution in [0.2, 0.25) is 0 Å². The third-order valence-corrected chi connectivity index (χ3v) is 6.43. The lowest BCUT2D eigenvalue weighted by Crippen LogP contribution is -1.67. The summed E-state index contributed by atoms with van der Waals surface area (Å²) in [5.41, 5.74) is 1.32. The van der Waals surface area contributed by atoms with Crippen molar-refractivity contribution >= 4 is 52.8 Å². The average molecular weight is 272 g/mol. The quantitative estimate of drug-likeness (QED) is 0.408. The van der Waals surface area contributed by atoms with Crippen LogP contribution in [0.3, 0.4) is 0 Å². The Balaban J connectivity index is 2.01. The van der Waals surface area contributed by atoms with Gasteiger partial charge in [0.2, 0.25) is 0 Å². The number of thiophene rings is 3. The van der Waals surface area contributed by atoms with Gasteiger partial charge in [0.05, 0.1) is 9.40 Å². The molecule has 0 aliphatic carbocycles. The van der Waals surface area contributed by atoms with Gasteiger partial charge in [-0.2, -0.15) is 0 Å². The molecule has 3 aromatic heterocycles. The monoisotopic (exact) mass is 272 g/mol. The Labute approximate surface area is 111 Å². The second-order valence-electron chi connectivity index (χ2n) is 3.89. The Morgan fingerprint density at radius 2 is 1.65 bits per heavy atom.